The van der Waals surface area contributed by atoms with Crippen molar-refractivity contribution in [2.75, 3.05) is 11.9 Å². The maximum Gasteiger partial charge on any atom is 0.338 e. The van der Waals surface area contributed by atoms with Crippen molar-refractivity contribution in [1.29, 1.82) is 0 Å². The highest BCUT2D eigenvalue weighted by Crippen LogP contribution is 2.23. The molecule has 1 N–H and O–H groups in total. The lowest BCUT2D eigenvalue weighted by Crippen LogP contribution is -2.21. The van der Waals surface area contributed by atoms with Gasteiger partial charge in [-0.1, -0.05) is 39.0 Å². The Balaban J connectivity index is 1.56. The largest absolute Gasteiger partial charge is 0.452 e. The average Bonchev–Trinajstić information content (AvgIpc) is 3.21. The number of hydrogen-bond donors (Lipinski definition) is 1. The summed E-state index contributed by atoms with van der Waals surface area (Å²) in [5, 5.41) is 13.6. The lowest BCUT2D eigenvalue weighted by atomic mass is 9.87. The maximum atomic E-state index is 12.2. The molecular weight excluding hydrogens is 358 g/mol. The second-order valence-electron chi connectivity index (χ2n) is 7.26. The SMILES string of the molecule is CC(C)(C)c1ccc(NC(=O)COC(=O)c2cccc(-n3cnnn3)c2)cc1. The Morgan fingerprint density at radius 1 is 1.11 bits per heavy atom. The fourth-order valence-electron chi connectivity index (χ4n) is 2.52. The van der Waals surface area contributed by atoms with Gasteiger partial charge in [-0.2, -0.15) is 0 Å². The number of nitrogens with zero attached hydrogens (tertiary/aromatic N) is 4. The van der Waals surface area contributed by atoms with Crippen LogP contribution in [0.5, 0.6) is 0 Å². The molecule has 0 aliphatic rings. The Hall–Kier alpha value is -3.55. The third-order valence-corrected chi connectivity index (χ3v) is 4.06. The van der Waals surface area contributed by atoms with Crippen molar-refractivity contribution in [3.05, 3.63) is 66.0 Å². The van der Waals surface area contributed by atoms with Crippen LogP contribution in [0.15, 0.2) is 54.9 Å². The minimum Gasteiger partial charge on any atom is -0.452 e. The van der Waals surface area contributed by atoms with Crippen molar-refractivity contribution in [3.8, 4) is 5.69 Å². The van der Waals surface area contributed by atoms with E-state index in [-0.39, 0.29) is 12.0 Å². The van der Waals surface area contributed by atoms with Crippen molar-refractivity contribution < 1.29 is 14.3 Å². The topological polar surface area (TPSA) is 99.0 Å². The number of tetrazole rings is 1. The van der Waals surface area contributed by atoms with Crippen LogP contribution in [-0.4, -0.2) is 38.7 Å². The number of ether oxygens (including phenoxy) is 1. The lowest BCUT2D eigenvalue weighted by Gasteiger charge is -2.19. The number of esters is 1. The van der Waals surface area contributed by atoms with Gasteiger partial charge in [0.05, 0.1) is 11.3 Å². The van der Waals surface area contributed by atoms with Gasteiger partial charge in [0.25, 0.3) is 5.91 Å². The summed E-state index contributed by atoms with van der Waals surface area (Å²) in [6.07, 6.45) is 1.42. The van der Waals surface area contributed by atoms with Crippen LogP contribution in [0.25, 0.3) is 5.69 Å². The zero-order valence-electron chi connectivity index (χ0n) is 15.9. The number of benzene rings is 2. The molecule has 1 heterocycles. The summed E-state index contributed by atoms with van der Waals surface area (Å²) in [6.45, 7) is 5.98. The van der Waals surface area contributed by atoms with Gasteiger partial charge >= 0.3 is 5.97 Å². The molecule has 0 atom stereocenters. The maximum absolute atomic E-state index is 12.2. The average molecular weight is 379 g/mol. The molecule has 0 bridgehead atoms. The zero-order valence-corrected chi connectivity index (χ0v) is 15.9. The first-order chi connectivity index (χ1) is 13.3. The molecule has 0 radical (unpaired) electrons. The quantitative estimate of drug-likeness (QED) is 0.685. The normalized spacial score (nSPS) is 11.1. The number of carbonyl (C=O) groups is 2. The van der Waals surface area contributed by atoms with Gasteiger partial charge in [0, 0.05) is 5.69 Å². The van der Waals surface area contributed by atoms with E-state index in [1.807, 2.05) is 24.3 Å². The molecule has 3 aromatic rings. The van der Waals surface area contributed by atoms with Crippen LogP contribution in [-0.2, 0) is 14.9 Å². The molecule has 28 heavy (non-hydrogen) atoms. The smallest absolute Gasteiger partial charge is 0.338 e. The second kappa shape index (κ2) is 7.99. The summed E-state index contributed by atoms with van der Waals surface area (Å²) in [7, 11) is 0. The Morgan fingerprint density at radius 3 is 2.50 bits per heavy atom. The summed E-state index contributed by atoms with van der Waals surface area (Å²) >= 11 is 0. The molecule has 0 aliphatic carbocycles. The number of anilines is 1. The summed E-state index contributed by atoms with van der Waals surface area (Å²) in [4.78, 5) is 24.3. The van der Waals surface area contributed by atoms with E-state index in [1.165, 1.54) is 16.6 Å². The van der Waals surface area contributed by atoms with Gasteiger partial charge in [-0.05, 0) is 51.7 Å². The summed E-state index contributed by atoms with van der Waals surface area (Å²) in [5.74, 6) is -1.01. The van der Waals surface area contributed by atoms with Gasteiger partial charge < -0.3 is 10.1 Å². The molecule has 0 unspecified atom stereocenters. The molecule has 1 amide bonds. The molecule has 2 aromatic carbocycles. The summed E-state index contributed by atoms with van der Waals surface area (Å²) in [6, 6.07) is 14.2. The molecule has 0 saturated carbocycles. The molecule has 1 aromatic heterocycles. The monoisotopic (exact) mass is 379 g/mol. The fourth-order valence-corrected chi connectivity index (χ4v) is 2.52. The molecule has 8 heteroatoms. The van der Waals surface area contributed by atoms with Gasteiger partial charge in [-0.25, -0.2) is 9.48 Å². The molecule has 3 rings (SSSR count). The van der Waals surface area contributed by atoms with E-state index in [2.05, 4.69) is 41.6 Å². The Labute approximate surface area is 162 Å². The molecule has 8 nitrogen and oxygen atoms in total. The molecule has 0 fully saturated rings. The number of carbonyl (C=O) groups excluding carboxylic acids is 2. The Bertz CT molecular complexity index is 960. The van der Waals surface area contributed by atoms with Crippen LogP contribution in [0, 0.1) is 0 Å². The number of amides is 1. The number of rotatable bonds is 5. The first kappa shape index (κ1) is 19.2. The van der Waals surface area contributed by atoms with E-state index >= 15 is 0 Å². The van der Waals surface area contributed by atoms with E-state index in [0.717, 1.165) is 0 Å². The molecule has 144 valence electrons. The summed E-state index contributed by atoms with van der Waals surface area (Å²) in [5.41, 5.74) is 2.77. The highest BCUT2D eigenvalue weighted by Gasteiger charge is 2.14. The zero-order chi connectivity index (χ0) is 20.1. The predicted molar refractivity (Wildman–Crippen MR) is 103 cm³/mol. The lowest BCUT2D eigenvalue weighted by molar-refractivity contribution is -0.119. The Morgan fingerprint density at radius 2 is 1.86 bits per heavy atom. The van der Waals surface area contributed by atoms with E-state index in [1.54, 1.807) is 24.3 Å². The van der Waals surface area contributed by atoms with Gasteiger partial charge in [-0.3, -0.25) is 4.79 Å². The van der Waals surface area contributed by atoms with Crippen molar-refractivity contribution in [3.63, 3.8) is 0 Å². The highest BCUT2D eigenvalue weighted by molar-refractivity contribution is 5.95. The minimum atomic E-state index is -0.604. The molecule has 0 spiro atoms. The molecule has 0 saturated heterocycles. The van der Waals surface area contributed by atoms with Gasteiger partial charge in [0.1, 0.15) is 6.33 Å². The highest BCUT2D eigenvalue weighted by atomic mass is 16.5. The van der Waals surface area contributed by atoms with E-state index in [0.29, 0.717) is 16.9 Å². The van der Waals surface area contributed by atoms with E-state index in [9.17, 15) is 9.59 Å². The van der Waals surface area contributed by atoms with Gasteiger partial charge in [0.2, 0.25) is 0 Å². The van der Waals surface area contributed by atoms with Crippen molar-refractivity contribution >= 4 is 17.6 Å². The fraction of sp³-hybridized carbons (Fsp3) is 0.250. The predicted octanol–water partition coefficient (Wildman–Crippen LogP) is 2.76. The summed E-state index contributed by atoms with van der Waals surface area (Å²) < 4.78 is 6.52. The van der Waals surface area contributed by atoms with Crippen molar-refractivity contribution in [1.82, 2.24) is 20.2 Å². The molecule has 0 aliphatic heterocycles. The van der Waals surface area contributed by atoms with E-state index in [4.69, 9.17) is 4.74 Å². The third-order valence-electron chi connectivity index (χ3n) is 4.06. The van der Waals surface area contributed by atoms with Crippen LogP contribution >= 0.6 is 0 Å². The van der Waals surface area contributed by atoms with Gasteiger partial charge in [-0.15, -0.1) is 5.10 Å². The number of nitrogens with one attached hydrogen (secondary N) is 1. The third kappa shape index (κ3) is 4.79. The Kier molecular flexibility index (Phi) is 5.49. The minimum absolute atomic E-state index is 0.0366. The second-order valence-corrected chi connectivity index (χ2v) is 7.26. The van der Waals surface area contributed by atoms with Crippen LogP contribution in [0.2, 0.25) is 0 Å². The van der Waals surface area contributed by atoms with E-state index < -0.39 is 11.9 Å². The number of aromatic nitrogens is 4. The first-order valence-electron chi connectivity index (χ1n) is 8.74. The first-order valence-corrected chi connectivity index (χ1v) is 8.74. The van der Waals surface area contributed by atoms with Crippen LogP contribution in [0.3, 0.4) is 0 Å². The van der Waals surface area contributed by atoms with Crippen molar-refractivity contribution in [2.45, 2.75) is 26.2 Å². The van der Waals surface area contributed by atoms with Crippen LogP contribution in [0.1, 0.15) is 36.7 Å². The van der Waals surface area contributed by atoms with Crippen LogP contribution < -0.4 is 5.32 Å². The number of hydrogen-bond acceptors (Lipinski definition) is 6. The van der Waals surface area contributed by atoms with Crippen molar-refractivity contribution in [2.24, 2.45) is 0 Å². The van der Waals surface area contributed by atoms with Crippen LogP contribution in [0.4, 0.5) is 5.69 Å². The molecular formula is C20H21N5O3. The standard InChI is InChI=1S/C20H21N5O3/c1-20(2,3)15-7-9-16(10-8-15)22-18(26)12-28-19(27)14-5-4-6-17(11-14)25-13-21-23-24-25/h4-11,13H,12H2,1-3H3,(H,22,26). The van der Waals surface area contributed by atoms with Gasteiger partial charge in [0.15, 0.2) is 6.61 Å².